The largest absolute Gasteiger partial charge is 0.493 e. The smallest absolute Gasteiger partial charge is 0.416 e. The molecule has 0 atom stereocenters. The van der Waals surface area contributed by atoms with E-state index in [0.717, 1.165) is 12.1 Å². The van der Waals surface area contributed by atoms with Gasteiger partial charge in [-0.15, -0.1) is 0 Å². The molecular weight excluding hydrogens is 437 g/mol. The Hall–Kier alpha value is -4.07. The number of hydrogen-bond donors (Lipinski definition) is 0. The molecule has 1 saturated heterocycles. The van der Waals surface area contributed by atoms with Gasteiger partial charge in [0, 0.05) is 32.4 Å². The maximum Gasteiger partial charge on any atom is 0.416 e. The number of alkyl halides is 3. The predicted octanol–water partition coefficient (Wildman–Crippen LogP) is 3.13. The molecule has 170 valence electrons. The third-order valence-electron chi connectivity index (χ3n) is 5.31. The summed E-state index contributed by atoms with van der Waals surface area (Å²) in [6, 6.07) is 10.2. The minimum atomic E-state index is -4.50. The Kier molecular flexibility index (Phi) is 5.91. The number of ether oxygens (including phenoxy) is 1. The molecule has 0 bridgehead atoms. The van der Waals surface area contributed by atoms with Crippen LogP contribution in [0.5, 0.6) is 5.75 Å². The first-order valence-corrected chi connectivity index (χ1v) is 10.0. The Balaban J connectivity index is 1.53. The molecule has 1 amide bonds. The van der Waals surface area contributed by atoms with Crippen molar-refractivity contribution in [2.45, 2.75) is 6.18 Å². The quantitative estimate of drug-likeness (QED) is 0.600. The molecule has 0 unspecified atom stereocenters. The Morgan fingerprint density at radius 3 is 2.58 bits per heavy atom. The van der Waals surface area contributed by atoms with Gasteiger partial charge in [0.2, 0.25) is 0 Å². The number of benzene rings is 1. The van der Waals surface area contributed by atoms with Gasteiger partial charge in [-0.25, -0.2) is 9.67 Å². The average molecular weight is 456 g/mol. The van der Waals surface area contributed by atoms with Crippen LogP contribution < -0.4 is 9.64 Å². The van der Waals surface area contributed by atoms with Crippen LogP contribution in [-0.2, 0) is 6.18 Å². The van der Waals surface area contributed by atoms with Crippen LogP contribution in [0.2, 0.25) is 0 Å². The van der Waals surface area contributed by atoms with E-state index in [4.69, 9.17) is 4.74 Å². The van der Waals surface area contributed by atoms with Crippen LogP contribution in [0.4, 0.5) is 19.0 Å². The van der Waals surface area contributed by atoms with Crippen LogP contribution in [0.1, 0.15) is 21.6 Å². The van der Waals surface area contributed by atoms with Crippen molar-refractivity contribution in [3.8, 4) is 17.5 Å². The van der Waals surface area contributed by atoms with Gasteiger partial charge in [0.15, 0.2) is 11.4 Å². The molecule has 8 nitrogen and oxygen atoms in total. The van der Waals surface area contributed by atoms with Gasteiger partial charge < -0.3 is 14.5 Å². The lowest BCUT2D eigenvalue weighted by molar-refractivity contribution is -0.137. The zero-order valence-corrected chi connectivity index (χ0v) is 17.6. The molecule has 0 N–H and O–H groups in total. The van der Waals surface area contributed by atoms with E-state index in [1.54, 1.807) is 23.2 Å². The highest BCUT2D eigenvalue weighted by Crippen LogP contribution is 2.31. The van der Waals surface area contributed by atoms with Crippen molar-refractivity contribution in [2.24, 2.45) is 0 Å². The fourth-order valence-electron chi connectivity index (χ4n) is 3.62. The number of rotatable bonds is 4. The summed E-state index contributed by atoms with van der Waals surface area (Å²) >= 11 is 0. The number of amides is 1. The van der Waals surface area contributed by atoms with Crippen LogP contribution >= 0.6 is 0 Å². The summed E-state index contributed by atoms with van der Waals surface area (Å²) in [5, 5.41) is 13.5. The SMILES string of the molecule is COc1cn(-c2cccc(C(F)(F)F)c2)nc1C(=O)N1CCN(c2ncccc2C#N)CC1. The fourth-order valence-corrected chi connectivity index (χ4v) is 3.62. The summed E-state index contributed by atoms with van der Waals surface area (Å²) in [5.41, 5.74) is -0.186. The molecule has 0 saturated carbocycles. The van der Waals surface area contributed by atoms with Crippen molar-refractivity contribution in [1.82, 2.24) is 19.7 Å². The summed E-state index contributed by atoms with van der Waals surface area (Å²) in [7, 11) is 1.37. The third-order valence-corrected chi connectivity index (χ3v) is 5.31. The van der Waals surface area contributed by atoms with Crippen molar-refractivity contribution >= 4 is 11.7 Å². The van der Waals surface area contributed by atoms with E-state index in [0.29, 0.717) is 37.6 Å². The molecule has 11 heteroatoms. The van der Waals surface area contributed by atoms with Crippen molar-refractivity contribution in [3.63, 3.8) is 0 Å². The number of halogens is 3. The number of methoxy groups -OCH3 is 1. The Morgan fingerprint density at radius 2 is 1.91 bits per heavy atom. The minimum Gasteiger partial charge on any atom is -0.493 e. The molecule has 1 aliphatic heterocycles. The number of hydrogen-bond acceptors (Lipinski definition) is 6. The molecule has 3 aromatic rings. The first-order chi connectivity index (χ1) is 15.8. The van der Waals surface area contributed by atoms with Crippen LogP contribution in [-0.4, -0.2) is 58.9 Å². The Labute approximate surface area is 187 Å². The molecule has 4 rings (SSSR count). The van der Waals surface area contributed by atoms with E-state index in [1.165, 1.54) is 30.1 Å². The number of aromatic nitrogens is 3. The molecule has 0 radical (unpaired) electrons. The highest BCUT2D eigenvalue weighted by Gasteiger charge is 2.31. The molecular formula is C22H19F3N6O2. The molecule has 0 aliphatic carbocycles. The van der Waals surface area contributed by atoms with E-state index in [-0.39, 0.29) is 17.1 Å². The number of pyridine rings is 1. The number of piperazine rings is 1. The minimum absolute atomic E-state index is 0.0129. The van der Waals surface area contributed by atoms with Gasteiger partial charge in [-0.05, 0) is 30.3 Å². The lowest BCUT2D eigenvalue weighted by atomic mass is 10.2. The van der Waals surface area contributed by atoms with Crippen molar-refractivity contribution in [1.29, 1.82) is 5.26 Å². The highest BCUT2D eigenvalue weighted by molar-refractivity contribution is 5.95. The summed E-state index contributed by atoms with van der Waals surface area (Å²) in [4.78, 5) is 20.9. The molecule has 1 fully saturated rings. The standard InChI is InChI=1S/C22H19F3N6O2/c1-33-18-14-31(17-6-2-5-16(12-17)22(23,24)25)28-19(18)21(32)30-10-8-29(9-11-30)20-15(13-26)4-3-7-27-20/h2-7,12,14H,8-11H2,1H3. The number of nitriles is 1. The van der Waals surface area contributed by atoms with Crippen LogP contribution in [0, 0.1) is 11.3 Å². The van der Waals surface area contributed by atoms with E-state index >= 15 is 0 Å². The van der Waals surface area contributed by atoms with Crippen LogP contribution in [0.15, 0.2) is 48.8 Å². The molecule has 3 heterocycles. The van der Waals surface area contributed by atoms with Gasteiger partial charge >= 0.3 is 6.18 Å². The molecule has 33 heavy (non-hydrogen) atoms. The van der Waals surface area contributed by atoms with Crippen molar-refractivity contribution in [2.75, 3.05) is 38.2 Å². The lowest BCUT2D eigenvalue weighted by Crippen LogP contribution is -2.49. The Bertz CT molecular complexity index is 1210. The highest BCUT2D eigenvalue weighted by atomic mass is 19.4. The Morgan fingerprint density at radius 1 is 1.15 bits per heavy atom. The molecule has 2 aromatic heterocycles. The number of carbonyl (C=O) groups excluding carboxylic acids is 1. The first kappa shape index (κ1) is 22.1. The summed E-state index contributed by atoms with van der Waals surface area (Å²) in [5.74, 6) is 0.341. The molecule has 0 spiro atoms. The number of anilines is 1. The first-order valence-electron chi connectivity index (χ1n) is 10.0. The zero-order valence-electron chi connectivity index (χ0n) is 17.6. The van der Waals surface area contributed by atoms with Crippen LogP contribution in [0.3, 0.4) is 0 Å². The van der Waals surface area contributed by atoms with Gasteiger partial charge in [-0.1, -0.05) is 6.07 Å². The van der Waals surface area contributed by atoms with Gasteiger partial charge in [-0.2, -0.15) is 23.5 Å². The van der Waals surface area contributed by atoms with Crippen molar-refractivity contribution in [3.05, 3.63) is 65.6 Å². The van der Waals surface area contributed by atoms with E-state index in [1.807, 2.05) is 4.90 Å². The predicted molar refractivity (Wildman–Crippen MR) is 112 cm³/mol. The lowest BCUT2D eigenvalue weighted by Gasteiger charge is -2.35. The van der Waals surface area contributed by atoms with Gasteiger partial charge in [0.1, 0.15) is 11.9 Å². The van der Waals surface area contributed by atoms with Gasteiger partial charge in [0.05, 0.1) is 30.1 Å². The maximum absolute atomic E-state index is 13.1. The average Bonchev–Trinajstić information content (AvgIpc) is 3.28. The van der Waals surface area contributed by atoms with Crippen molar-refractivity contribution < 1.29 is 22.7 Å². The summed E-state index contributed by atoms with van der Waals surface area (Å²) in [6.07, 6.45) is -1.50. The van der Waals surface area contributed by atoms with E-state index < -0.39 is 17.6 Å². The number of carbonyl (C=O) groups is 1. The van der Waals surface area contributed by atoms with Gasteiger partial charge in [-0.3, -0.25) is 4.79 Å². The van der Waals surface area contributed by atoms with Crippen LogP contribution in [0.25, 0.3) is 5.69 Å². The van der Waals surface area contributed by atoms with E-state index in [2.05, 4.69) is 16.2 Å². The molecule has 1 aliphatic rings. The molecule has 1 aromatic carbocycles. The fraction of sp³-hybridized carbons (Fsp3) is 0.273. The maximum atomic E-state index is 13.1. The second-order valence-electron chi connectivity index (χ2n) is 7.30. The van der Waals surface area contributed by atoms with Gasteiger partial charge in [0.25, 0.3) is 5.91 Å². The second kappa shape index (κ2) is 8.82. The zero-order chi connectivity index (χ0) is 23.6. The monoisotopic (exact) mass is 456 g/mol. The number of nitrogens with zero attached hydrogens (tertiary/aromatic N) is 6. The second-order valence-corrected chi connectivity index (χ2v) is 7.30. The summed E-state index contributed by atoms with van der Waals surface area (Å²) < 4.78 is 45.7. The summed E-state index contributed by atoms with van der Waals surface area (Å²) in [6.45, 7) is 1.65. The third kappa shape index (κ3) is 4.45. The normalized spacial score (nSPS) is 14.2. The van der Waals surface area contributed by atoms with E-state index in [9.17, 15) is 23.2 Å². The topological polar surface area (TPSA) is 87.3 Å².